The molecule has 0 amide bonds. The number of benzene rings is 2. The molecule has 0 aliphatic rings. The summed E-state index contributed by atoms with van der Waals surface area (Å²) < 4.78 is 15.0. The van der Waals surface area contributed by atoms with Crippen molar-refractivity contribution in [3.63, 3.8) is 0 Å². The van der Waals surface area contributed by atoms with Crippen LogP contribution in [0.1, 0.15) is 24.1 Å². The van der Waals surface area contributed by atoms with Crippen LogP contribution < -0.4 is 5.32 Å². The third-order valence-electron chi connectivity index (χ3n) is 3.18. The molecule has 0 saturated carbocycles. The van der Waals surface area contributed by atoms with Gasteiger partial charge in [-0.25, -0.2) is 4.39 Å². The molecule has 106 valence electrons. The maximum Gasteiger partial charge on any atom is 0.137 e. The Kier molecular flexibility index (Phi) is 5.75. The van der Waals surface area contributed by atoms with Crippen molar-refractivity contribution < 1.29 is 4.39 Å². The minimum atomic E-state index is -0.232. The van der Waals surface area contributed by atoms with Gasteiger partial charge in [-0.1, -0.05) is 47.1 Å². The maximum absolute atomic E-state index is 13.4. The maximum atomic E-state index is 13.4. The molecule has 2 rings (SSSR count). The molecule has 0 aliphatic heterocycles. The van der Waals surface area contributed by atoms with Crippen molar-refractivity contribution in [2.75, 3.05) is 6.54 Å². The van der Waals surface area contributed by atoms with Crippen LogP contribution in [0.3, 0.4) is 0 Å². The van der Waals surface area contributed by atoms with E-state index in [1.54, 1.807) is 0 Å². The summed E-state index contributed by atoms with van der Waals surface area (Å²) in [7, 11) is 0. The number of likely N-dealkylation sites (N-methyl/N-ethyl adjacent to an activating group) is 1. The van der Waals surface area contributed by atoms with Crippen molar-refractivity contribution in [2.24, 2.45) is 0 Å². The summed E-state index contributed by atoms with van der Waals surface area (Å²) in [6.45, 7) is 2.94. The Balaban J connectivity index is 2.27. The van der Waals surface area contributed by atoms with Gasteiger partial charge in [0, 0.05) is 10.5 Å². The van der Waals surface area contributed by atoms with Crippen LogP contribution in [-0.4, -0.2) is 6.54 Å². The first kappa shape index (κ1) is 15.7. The highest BCUT2D eigenvalue weighted by Gasteiger charge is 2.14. The fourth-order valence-corrected chi connectivity index (χ4v) is 3.01. The zero-order valence-corrected chi connectivity index (χ0v) is 14.3. The molecule has 1 atom stereocenters. The quantitative estimate of drug-likeness (QED) is 0.723. The largest absolute Gasteiger partial charge is 0.310 e. The molecule has 0 aromatic heterocycles. The highest BCUT2D eigenvalue weighted by atomic mass is 79.9. The molecule has 0 fully saturated rings. The summed E-state index contributed by atoms with van der Waals surface area (Å²) >= 11 is 6.83. The summed E-state index contributed by atoms with van der Waals surface area (Å²) in [5.74, 6) is -0.232. The lowest BCUT2D eigenvalue weighted by atomic mass is 9.99. The second kappa shape index (κ2) is 7.34. The first-order valence-electron chi connectivity index (χ1n) is 6.53. The van der Waals surface area contributed by atoms with Gasteiger partial charge in [0.05, 0.1) is 4.47 Å². The van der Waals surface area contributed by atoms with E-state index in [0.29, 0.717) is 4.47 Å². The van der Waals surface area contributed by atoms with Crippen LogP contribution >= 0.6 is 31.9 Å². The Bertz CT molecular complexity index is 586. The van der Waals surface area contributed by atoms with Crippen molar-refractivity contribution in [3.05, 3.63) is 68.4 Å². The lowest BCUT2D eigenvalue weighted by Crippen LogP contribution is -2.23. The molecule has 0 bridgehead atoms. The van der Waals surface area contributed by atoms with E-state index in [9.17, 15) is 4.39 Å². The Hall–Kier alpha value is -0.710. The van der Waals surface area contributed by atoms with Crippen LogP contribution in [0.5, 0.6) is 0 Å². The lowest BCUT2D eigenvalue weighted by Gasteiger charge is -2.19. The number of halogens is 3. The van der Waals surface area contributed by atoms with Gasteiger partial charge in [0.2, 0.25) is 0 Å². The first-order chi connectivity index (χ1) is 9.61. The van der Waals surface area contributed by atoms with Crippen molar-refractivity contribution >= 4 is 31.9 Å². The van der Waals surface area contributed by atoms with Crippen LogP contribution in [0.4, 0.5) is 4.39 Å². The van der Waals surface area contributed by atoms with E-state index >= 15 is 0 Å². The van der Waals surface area contributed by atoms with Gasteiger partial charge in [0.15, 0.2) is 0 Å². The Morgan fingerprint density at radius 2 is 1.85 bits per heavy atom. The standard InChI is InChI=1S/C16H16Br2FN/c1-2-20-16(10-11-5-3-4-6-13(11)17)12-7-8-15(19)14(18)9-12/h3-9,16,20H,2,10H2,1H3. The zero-order valence-electron chi connectivity index (χ0n) is 11.2. The van der Waals surface area contributed by atoms with E-state index in [2.05, 4.69) is 50.2 Å². The Labute approximate surface area is 135 Å². The highest BCUT2D eigenvalue weighted by molar-refractivity contribution is 9.10. The van der Waals surface area contributed by atoms with E-state index < -0.39 is 0 Å². The fourth-order valence-electron chi connectivity index (χ4n) is 2.17. The molecule has 1 unspecified atom stereocenters. The van der Waals surface area contributed by atoms with Crippen molar-refractivity contribution in [1.29, 1.82) is 0 Å². The average molecular weight is 401 g/mol. The van der Waals surface area contributed by atoms with Gasteiger partial charge in [-0.2, -0.15) is 0 Å². The summed E-state index contributed by atoms with van der Waals surface area (Å²) in [5.41, 5.74) is 2.31. The van der Waals surface area contributed by atoms with Crippen LogP contribution in [0.25, 0.3) is 0 Å². The van der Waals surface area contributed by atoms with Crippen LogP contribution in [-0.2, 0) is 6.42 Å². The molecule has 0 spiro atoms. The van der Waals surface area contributed by atoms with Gasteiger partial charge in [-0.3, -0.25) is 0 Å². The predicted octanol–water partition coefficient (Wildman–Crippen LogP) is 5.24. The van der Waals surface area contributed by atoms with Gasteiger partial charge in [-0.15, -0.1) is 0 Å². The third-order valence-corrected chi connectivity index (χ3v) is 4.56. The van der Waals surface area contributed by atoms with Crippen LogP contribution in [0.15, 0.2) is 51.4 Å². The smallest absolute Gasteiger partial charge is 0.137 e. The molecular formula is C16H16Br2FN. The summed E-state index contributed by atoms with van der Waals surface area (Å²) in [6.07, 6.45) is 0.854. The summed E-state index contributed by atoms with van der Waals surface area (Å²) in [4.78, 5) is 0. The van der Waals surface area contributed by atoms with Crippen LogP contribution in [0, 0.1) is 5.82 Å². The van der Waals surface area contributed by atoms with E-state index in [-0.39, 0.29) is 11.9 Å². The SMILES string of the molecule is CCNC(Cc1ccccc1Br)c1ccc(F)c(Br)c1. The van der Waals surface area contributed by atoms with Gasteiger partial charge < -0.3 is 5.32 Å². The molecule has 0 saturated heterocycles. The fraction of sp³-hybridized carbons (Fsp3) is 0.250. The number of hydrogen-bond acceptors (Lipinski definition) is 1. The molecule has 0 radical (unpaired) electrons. The molecule has 1 N–H and O–H groups in total. The van der Waals surface area contributed by atoms with E-state index in [0.717, 1.165) is 23.0 Å². The minimum Gasteiger partial charge on any atom is -0.310 e. The normalized spacial score (nSPS) is 12.4. The van der Waals surface area contributed by atoms with E-state index in [4.69, 9.17) is 0 Å². The zero-order chi connectivity index (χ0) is 14.5. The summed E-state index contributed by atoms with van der Waals surface area (Å²) in [6, 6.07) is 13.5. The molecular weight excluding hydrogens is 385 g/mol. The topological polar surface area (TPSA) is 12.0 Å². The van der Waals surface area contributed by atoms with E-state index in [1.165, 1.54) is 11.6 Å². The average Bonchev–Trinajstić information content (AvgIpc) is 2.44. The van der Waals surface area contributed by atoms with Crippen molar-refractivity contribution in [1.82, 2.24) is 5.32 Å². The highest BCUT2D eigenvalue weighted by Crippen LogP contribution is 2.26. The number of nitrogens with one attached hydrogen (secondary N) is 1. The number of rotatable bonds is 5. The molecule has 0 heterocycles. The van der Waals surface area contributed by atoms with E-state index in [1.807, 2.05) is 30.3 Å². The molecule has 1 nitrogen and oxygen atoms in total. The second-order valence-electron chi connectivity index (χ2n) is 4.58. The first-order valence-corrected chi connectivity index (χ1v) is 8.12. The monoisotopic (exact) mass is 399 g/mol. The third kappa shape index (κ3) is 3.90. The molecule has 20 heavy (non-hydrogen) atoms. The van der Waals surface area contributed by atoms with Crippen LogP contribution in [0.2, 0.25) is 0 Å². The van der Waals surface area contributed by atoms with Gasteiger partial charge in [0.1, 0.15) is 5.82 Å². The van der Waals surface area contributed by atoms with Gasteiger partial charge in [0.25, 0.3) is 0 Å². The molecule has 0 aliphatic carbocycles. The van der Waals surface area contributed by atoms with Crippen molar-refractivity contribution in [3.8, 4) is 0 Å². The Morgan fingerprint density at radius 1 is 1.10 bits per heavy atom. The minimum absolute atomic E-state index is 0.163. The summed E-state index contributed by atoms with van der Waals surface area (Å²) in [5, 5.41) is 3.46. The lowest BCUT2D eigenvalue weighted by molar-refractivity contribution is 0.546. The molecule has 2 aromatic carbocycles. The predicted molar refractivity (Wildman–Crippen MR) is 88.4 cm³/mol. The molecule has 2 aromatic rings. The van der Waals surface area contributed by atoms with Gasteiger partial charge >= 0.3 is 0 Å². The molecule has 4 heteroatoms. The number of hydrogen-bond donors (Lipinski definition) is 1. The Morgan fingerprint density at radius 3 is 2.50 bits per heavy atom. The second-order valence-corrected chi connectivity index (χ2v) is 6.29. The van der Waals surface area contributed by atoms with Gasteiger partial charge in [-0.05, 0) is 58.2 Å². The van der Waals surface area contributed by atoms with Crippen molar-refractivity contribution in [2.45, 2.75) is 19.4 Å².